The van der Waals surface area contributed by atoms with E-state index in [-0.39, 0.29) is 17.0 Å². The maximum atomic E-state index is 11.8. The van der Waals surface area contributed by atoms with Crippen molar-refractivity contribution in [1.29, 1.82) is 0 Å². The molecule has 0 radical (unpaired) electrons. The van der Waals surface area contributed by atoms with Crippen molar-refractivity contribution >= 4 is 5.78 Å². The third-order valence-electron chi connectivity index (χ3n) is 4.66. The van der Waals surface area contributed by atoms with Crippen molar-refractivity contribution in [1.82, 2.24) is 0 Å². The van der Waals surface area contributed by atoms with E-state index in [4.69, 9.17) is 9.47 Å². The van der Waals surface area contributed by atoms with Gasteiger partial charge in [-0.05, 0) is 30.8 Å². The predicted molar refractivity (Wildman–Crippen MR) is 63.5 cm³/mol. The lowest BCUT2D eigenvalue weighted by Crippen LogP contribution is -2.48. The maximum absolute atomic E-state index is 11.8. The second-order valence-electron chi connectivity index (χ2n) is 6.06. The van der Waals surface area contributed by atoms with Gasteiger partial charge in [0.15, 0.2) is 11.6 Å². The Hall–Kier alpha value is -0.670. The van der Waals surface area contributed by atoms with Gasteiger partial charge >= 0.3 is 0 Å². The largest absolute Gasteiger partial charge is 0.348 e. The van der Waals surface area contributed by atoms with E-state index in [1.165, 1.54) is 5.57 Å². The van der Waals surface area contributed by atoms with Gasteiger partial charge in [-0.2, -0.15) is 0 Å². The summed E-state index contributed by atoms with van der Waals surface area (Å²) in [5.41, 5.74) is 1.27. The molecule has 3 heteroatoms. The molecule has 0 aromatic rings. The Bertz CT molecular complexity index is 379. The minimum Gasteiger partial charge on any atom is -0.348 e. The number of carbonyl (C=O) groups excluding carboxylic acids is 1. The Morgan fingerprint density at radius 3 is 2.76 bits per heavy atom. The molecule has 3 nitrogen and oxygen atoms in total. The zero-order valence-corrected chi connectivity index (χ0v) is 10.6. The fourth-order valence-corrected chi connectivity index (χ4v) is 4.05. The average Bonchev–Trinajstić information content (AvgIpc) is 2.63. The van der Waals surface area contributed by atoms with Crippen LogP contribution in [-0.2, 0) is 14.3 Å². The van der Waals surface area contributed by atoms with Crippen molar-refractivity contribution in [2.45, 2.75) is 45.3 Å². The Balaban J connectivity index is 1.90. The molecule has 0 bridgehead atoms. The second kappa shape index (κ2) is 3.66. The molecule has 0 unspecified atom stereocenters. The molecule has 1 aliphatic heterocycles. The van der Waals surface area contributed by atoms with Crippen LogP contribution in [0.15, 0.2) is 11.6 Å². The normalized spacial score (nSPS) is 40.2. The van der Waals surface area contributed by atoms with Crippen molar-refractivity contribution in [3.8, 4) is 0 Å². The van der Waals surface area contributed by atoms with Gasteiger partial charge in [0.05, 0.1) is 13.2 Å². The standard InChI is InChI=1S/C14H20O3/c1-10-7-11(15)8-13(2)9-14(4-3-12(10)13)16-5-6-17-14/h7,12H,3-6,8-9H2,1-2H3/t12-,13-/m1/s1. The summed E-state index contributed by atoms with van der Waals surface area (Å²) in [6.45, 7) is 5.71. The van der Waals surface area contributed by atoms with Gasteiger partial charge < -0.3 is 9.47 Å². The first kappa shape index (κ1) is 11.4. The number of rotatable bonds is 0. The first-order valence-corrected chi connectivity index (χ1v) is 6.52. The van der Waals surface area contributed by atoms with Crippen LogP contribution in [0, 0.1) is 11.3 Å². The molecule has 0 N–H and O–H groups in total. The summed E-state index contributed by atoms with van der Waals surface area (Å²) in [4.78, 5) is 11.8. The van der Waals surface area contributed by atoms with Gasteiger partial charge in [0.1, 0.15) is 0 Å². The summed E-state index contributed by atoms with van der Waals surface area (Å²) in [6.07, 6.45) is 5.38. The molecule has 0 aromatic carbocycles. The van der Waals surface area contributed by atoms with Crippen LogP contribution in [0.5, 0.6) is 0 Å². The number of ether oxygens (including phenoxy) is 2. The summed E-state index contributed by atoms with van der Waals surface area (Å²) < 4.78 is 11.6. The highest BCUT2D eigenvalue weighted by atomic mass is 16.7. The fourth-order valence-electron chi connectivity index (χ4n) is 4.05. The Kier molecular flexibility index (Phi) is 2.46. The molecule has 1 saturated heterocycles. The smallest absolute Gasteiger partial charge is 0.169 e. The molecule has 2 fully saturated rings. The third-order valence-corrected chi connectivity index (χ3v) is 4.66. The van der Waals surface area contributed by atoms with E-state index in [0.717, 1.165) is 19.3 Å². The number of carbonyl (C=O) groups is 1. The molecule has 1 heterocycles. The minimum atomic E-state index is -0.386. The highest BCUT2D eigenvalue weighted by Crippen LogP contribution is 2.54. The SMILES string of the molecule is CC1=CC(=O)C[C@]2(C)CC3(CC[C@H]12)OCCO3. The molecule has 17 heavy (non-hydrogen) atoms. The van der Waals surface area contributed by atoms with Crippen LogP contribution >= 0.6 is 0 Å². The summed E-state index contributed by atoms with van der Waals surface area (Å²) in [5.74, 6) is 0.401. The van der Waals surface area contributed by atoms with E-state index in [0.29, 0.717) is 25.6 Å². The first-order chi connectivity index (χ1) is 8.03. The van der Waals surface area contributed by atoms with Gasteiger partial charge in [0, 0.05) is 19.3 Å². The fraction of sp³-hybridized carbons (Fsp3) is 0.786. The van der Waals surface area contributed by atoms with Crippen molar-refractivity contribution in [3.05, 3.63) is 11.6 Å². The minimum absolute atomic E-state index is 0.0263. The van der Waals surface area contributed by atoms with Crippen molar-refractivity contribution in [3.63, 3.8) is 0 Å². The number of hydrogen-bond donors (Lipinski definition) is 0. The molecular formula is C14H20O3. The van der Waals surface area contributed by atoms with Gasteiger partial charge in [-0.3, -0.25) is 4.79 Å². The third kappa shape index (κ3) is 1.76. The molecule has 0 amide bonds. The molecule has 1 spiro atoms. The topological polar surface area (TPSA) is 35.5 Å². The number of hydrogen-bond acceptors (Lipinski definition) is 3. The van der Waals surface area contributed by atoms with Crippen LogP contribution in [0.1, 0.15) is 39.5 Å². The summed E-state index contributed by atoms with van der Waals surface area (Å²) in [6, 6.07) is 0. The van der Waals surface area contributed by atoms with Gasteiger partial charge in [-0.25, -0.2) is 0 Å². The molecule has 3 rings (SSSR count). The van der Waals surface area contributed by atoms with E-state index in [1.807, 2.05) is 6.08 Å². The first-order valence-electron chi connectivity index (χ1n) is 6.52. The summed E-state index contributed by atoms with van der Waals surface area (Å²) in [5, 5.41) is 0. The van der Waals surface area contributed by atoms with Crippen LogP contribution in [0.3, 0.4) is 0 Å². The molecular weight excluding hydrogens is 216 g/mol. The van der Waals surface area contributed by atoms with Crippen molar-refractivity contribution in [2.24, 2.45) is 11.3 Å². The number of ketones is 1. The Morgan fingerprint density at radius 1 is 1.35 bits per heavy atom. The van der Waals surface area contributed by atoms with E-state index >= 15 is 0 Å². The lowest BCUT2D eigenvalue weighted by Gasteiger charge is -2.50. The van der Waals surface area contributed by atoms with Crippen LogP contribution < -0.4 is 0 Å². The maximum Gasteiger partial charge on any atom is 0.169 e. The van der Waals surface area contributed by atoms with Crippen LogP contribution in [0.25, 0.3) is 0 Å². The van der Waals surface area contributed by atoms with Crippen LogP contribution in [-0.4, -0.2) is 24.8 Å². The summed E-state index contributed by atoms with van der Waals surface area (Å²) in [7, 11) is 0. The van der Waals surface area contributed by atoms with E-state index in [9.17, 15) is 4.79 Å². The van der Waals surface area contributed by atoms with Crippen LogP contribution in [0.2, 0.25) is 0 Å². The van der Waals surface area contributed by atoms with Gasteiger partial charge in [0.25, 0.3) is 0 Å². The average molecular weight is 236 g/mol. The van der Waals surface area contributed by atoms with Gasteiger partial charge in [-0.15, -0.1) is 0 Å². The van der Waals surface area contributed by atoms with Crippen molar-refractivity contribution < 1.29 is 14.3 Å². The zero-order valence-electron chi connectivity index (χ0n) is 10.6. The monoisotopic (exact) mass is 236 g/mol. The molecule has 2 aliphatic carbocycles. The highest BCUT2D eigenvalue weighted by molar-refractivity contribution is 5.92. The highest BCUT2D eigenvalue weighted by Gasteiger charge is 2.52. The number of allylic oxidation sites excluding steroid dienone is 2. The lowest BCUT2D eigenvalue weighted by molar-refractivity contribution is -0.209. The van der Waals surface area contributed by atoms with Crippen molar-refractivity contribution in [2.75, 3.05) is 13.2 Å². The lowest BCUT2D eigenvalue weighted by atomic mass is 9.58. The van der Waals surface area contributed by atoms with E-state index in [1.54, 1.807) is 0 Å². The molecule has 0 aromatic heterocycles. The molecule has 1 saturated carbocycles. The molecule has 94 valence electrons. The zero-order chi connectivity index (χ0) is 12.1. The Labute approximate surface area is 102 Å². The van der Waals surface area contributed by atoms with Gasteiger partial charge in [-0.1, -0.05) is 12.5 Å². The molecule has 2 atom stereocenters. The van der Waals surface area contributed by atoms with E-state index < -0.39 is 0 Å². The summed E-state index contributed by atoms with van der Waals surface area (Å²) >= 11 is 0. The predicted octanol–water partition coefficient (Wildman–Crippen LogP) is 2.46. The van der Waals surface area contributed by atoms with Gasteiger partial charge in [0.2, 0.25) is 0 Å². The molecule has 3 aliphatic rings. The van der Waals surface area contributed by atoms with Crippen LogP contribution in [0.4, 0.5) is 0 Å². The Morgan fingerprint density at radius 2 is 2.06 bits per heavy atom. The second-order valence-corrected chi connectivity index (χ2v) is 6.06. The number of fused-ring (bicyclic) bond motifs is 1. The van der Waals surface area contributed by atoms with E-state index in [2.05, 4.69) is 13.8 Å². The quantitative estimate of drug-likeness (QED) is 0.648.